The van der Waals surface area contributed by atoms with E-state index in [-0.39, 0.29) is 12.3 Å². The van der Waals surface area contributed by atoms with Crippen molar-refractivity contribution in [2.45, 2.75) is 67.7 Å². The molecule has 2 saturated heterocycles. The van der Waals surface area contributed by atoms with Crippen LogP contribution in [-0.2, 0) is 0 Å². The Morgan fingerprint density at radius 1 is 0.325 bits per heavy atom. The first-order chi connectivity index (χ1) is 19.0. The molecule has 0 saturated carbocycles. The Bertz CT molecular complexity index is 1270. The van der Waals surface area contributed by atoms with Gasteiger partial charge in [0.25, 0.3) is 0 Å². The van der Waals surface area contributed by atoms with Crippen LogP contribution in [0.25, 0.3) is 0 Å². The maximum Gasteiger partial charge on any atom is 0.145 e. The molecule has 0 radical (unpaired) electrons. The number of anilines is 4. The molecule has 0 spiro atoms. The smallest absolute Gasteiger partial charge is 0.145 e. The molecule has 0 amide bonds. The molecule has 40 heavy (non-hydrogen) atoms. The van der Waals surface area contributed by atoms with Crippen molar-refractivity contribution in [1.29, 1.82) is 0 Å². The maximum absolute atomic E-state index is 2.63. The van der Waals surface area contributed by atoms with Gasteiger partial charge >= 0.3 is 0 Å². The summed E-state index contributed by atoms with van der Waals surface area (Å²) < 4.78 is 0. The Labute approximate surface area is 240 Å². The van der Waals surface area contributed by atoms with E-state index in [4.69, 9.17) is 0 Å². The SMILES string of the molecule is Cc1cc(C)cc(N2CN(c3cc(C)cc(C)c3)C3C2N(c2cc(C)cc(C)c2)CN3c2cc(C)cc(C)c2)c1. The van der Waals surface area contributed by atoms with Crippen LogP contribution >= 0.6 is 0 Å². The van der Waals surface area contributed by atoms with E-state index < -0.39 is 0 Å². The number of hydrogen-bond donors (Lipinski definition) is 0. The van der Waals surface area contributed by atoms with E-state index in [9.17, 15) is 0 Å². The van der Waals surface area contributed by atoms with Crippen LogP contribution < -0.4 is 19.6 Å². The van der Waals surface area contributed by atoms with E-state index in [1.165, 1.54) is 67.3 Å². The molecule has 6 rings (SSSR count). The largest absolute Gasteiger partial charge is 0.330 e. The van der Waals surface area contributed by atoms with Crippen LogP contribution in [0.15, 0.2) is 72.8 Å². The molecule has 2 aliphatic rings. The number of nitrogens with zero attached hydrogens (tertiary/aromatic N) is 4. The average Bonchev–Trinajstić information content (AvgIpc) is 3.40. The first-order valence-corrected chi connectivity index (χ1v) is 14.5. The predicted molar refractivity (Wildman–Crippen MR) is 171 cm³/mol. The molecule has 0 bridgehead atoms. The van der Waals surface area contributed by atoms with Crippen molar-refractivity contribution < 1.29 is 0 Å². The van der Waals surface area contributed by atoms with Gasteiger partial charge in [-0.1, -0.05) is 24.3 Å². The molecule has 4 aromatic rings. The van der Waals surface area contributed by atoms with Gasteiger partial charge in [0.05, 0.1) is 13.3 Å². The van der Waals surface area contributed by atoms with Gasteiger partial charge in [0.1, 0.15) is 12.3 Å². The third-order valence-electron chi connectivity index (χ3n) is 8.31. The Morgan fingerprint density at radius 2 is 0.500 bits per heavy atom. The van der Waals surface area contributed by atoms with Gasteiger partial charge in [-0.3, -0.25) is 0 Å². The van der Waals surface area contributed by atoms with Gasteiger partial charge in [0.15, 0.2) is 0 Å². The second kappa shape index (κ2) is 9.92. The Morgan fingerprint density at radius 3 is 0.675 bits per heavy atom. The maximum atomic E-state index is 2.63. The lowest BCUT2D eigenvalue weighted by Crippen LogP contribution is -2.46. The Hall–Kier alpha value is -3.92. The van der Waals surface area contributed by atoms with Crippen molar-refractivity contribution in [3.63, 3.8) is 0 Å². The molecule has 0 unspecified atom stereocenters. The van der Waals surface area contributed by atoms with Crippen molar-refractivity contribution in [2.24, 2.45) is 0 Å². The monoisotopic (exact) mass is 530 g/mol. The first kappa shape index (κ1) is 26.3. The molecule has 2 fully saturated rings. The second-order valence-corrected chi connectivity index (χ2v) is 12.4. The molecule has 206 valence electrons. The van der Waals surface area contributed by atoms with E-state index in [2.05, 4.69) is 148 Å². The zero-order valence-corrected chi connectivity index (χ0v) is 25.3. The van der Waals surface area contributed by atoms with Crippen molar-refractivity contribution in [3.05, 3.63) is 117 Å². The van der Waals surface area contributed by atoms with Crippen LogP contribution in [0.1, 0.15) is 44.5 Å². The van der Waals surface area contributed by atoms with Crippen LogP contribution in [0.4, 0.5) is 22.7 Å². The molecule has 0 atom stereocenters. The lowest BCUT2D eigenvalue weighted by atomic mass is 10.1. The van der Waals surface area contributed by atoms with Crippen LogP contribution in [0, 0.1) is 55.4 Å². The third kappa shape index (κ3) is 4.81. The summed E-state index contributed by atoms with van der Waals surface area (Å²) in [5, 5.41) is 0. The van der Waals surface area contributed by atoms with Crippen molar-refractivity contribution >= 4 is 22.7 Å². The minimum absolute atomic E-state index is 0.143. The number of hydrogen-bond acceptors (Lipinski definition) is 4. The summed E-state index contributed by atoms with van der Waals surface area (Å²) in [5.74, 6) is 0. The number of fused-ring (bicyclic) bond motifs is 1. The number of rotatable bonds is 4. The van der Waals surface area contributed by atoms with Crippen molar-refractivity contribution in [2.75, 3.05) is 32.9 Å². The molecular weight excluding hydrogens is 488 g/mol. The summed E-state index contributed by atoms with van der Waals surface area (Å²) in [4.78, 5) is 10.5. The van der Waals surface area contributed by atoms with Crippen LogP contribution in [0.2, 0.25) is 0 Å². The molecule has 4 aromatic carbocycles. The Balaban J connectivity index is 1.57. The number of benzene rings is 4. The topological polar surface area (TPSA) is 13.0 Å². The standard InChI is InChI=1S/C36H42N4/c1-23-9-24(2)14-31(13-23)37-21-38(32-15-25(3)10-26(4)16-32)36-35(37)39(33-17-27(5)11-28(6)18-33)22-40(36)34-19-29(7)12-30(8)20-34/h9-20,35-36H,21-22H2,1-8H3. The molecule has 0 aromatic heterocycles. The lowest BCUT2D eigenvalue weighted by molar-refractivity contribution is 0.640. The van der Waals surface area contributed by atoms with Gasteiger partial charge in [-0.15, -0.1) is 0 Å². The van der Waals surface area contributed by atoms with E-state index in [1.54, 1.807) is 0 Å². The van der Waals surface area contributed by atoms with Gasteiger partial charge in [-0.05, 0) is 148 Å². The quantitative estimate of drug-likeness (QED) is 0.264. The normalized spacial score (nSPS) is 18.6. The summed E-state index contributed by atoms with van der Waals surface area (Å²) in [6, 6.07) is 27.9. The minimum Gasteiger partial charge on any atom is -0.330 e. The zero-order chi connectivity index (χ0) is 28.3. The molecule has 4 heteroatoms. The summed E-state index contributed by atoms with van der Waals surface area (Å²) in [7, 11) is 0. The van der Waals surface area contributed by atoms with E-state index in [0.29, 0.717) is 0 Å². The fraction of sp³-hybridized carbons (Fsp3) is 0.333. The van der Waals surface area contributed by atoms with Crippen LogP contribution in [0.5, 0.6) is 0 Å². The highest BCUT2D eigenvalue weighted by molar-refractivity contribution is 5.70. The minimum atomic E-state index is 0.143. The summed E-state index contributed by atoms with van der Waals surface area (Å²) in [6.07, 6.45) is 0.285. The van der Waals surface area contributed by atoms with E-state index in [0.717, 1.165) is 13.3 Å². The average molecular weight is 531 g/mol. The van der Waals surface area contributed by atoms with Gasteiger partial charge < -0.3 is 19.6 Å². The highest BCUT2D eigenvalue weighted by atomic mass is 15.6. The lowest BCUT2D eigenvalue weighted by Gasteiger charge is -2.34. The molecule has 0 N–H and O–H groups in total. The van der Waals surface area contributed by atoms with Gasteiger partial charge in [0.2, 0.25) is 0 Å². The fourth-order valence-corrected chi connectivity index (χ4v) is 7.05. The van der Waals surface area contributed by atoms with Gasteiger partial charge in [-0.2, -0.15) is 0 Å². The van der Waals surface area contributed by atoms with Crippen LogP contribution in [0.3, 0.4) is 0 Å². The van der Waals surface area contributed by atoms with E-state index >= 15 is 0 Å². The third-order valence-corrected chi connectivity index (χ3v) is 8.31. The fourth-order valence-electron chi connectivity index (χ4n) is 7.05. The summed E-state index contributed by atoms with van der Waals surface area (Å²) in [6.45, 7) is 19.3. The predicted octanol–water partition coefficient (Wildman–Crippen LogP) is 8.07. The summed E-state index contributed by atoms with van der Waals surface area (Å²) in [5.41, 5.74) is 15.6. The zero-order valence-electron chi connectivity index (χ0n) is 25.3. The van der Waals surface area contributed by atoms with Crippen LogP contribution in [-0.4, -0.2) is 25.7 Å². The number of aryl methyl sites for hydroxylation is 8. The van der Waals surface area contributed by atoms with Gasteiger partial charge in [0, 0.05) is 22.7 Å². The Kier molecular flexibility index (Phi) is 6.53. The summed E-state index contributed by atoms with van der Waals surface area (Å²) >= 11 is 0. The van der Waals surface area contributed by atoms with Gasteiger partial charge in [-0.25, -0.2) is 0 Å². The molecular formula is C36H42N4. The van der Waals surface area contributed by atoms with E-state index in [1.807, 2.05) is 0 Å². The van der Waals surface area contributed by atoms with Crippen molar-refractivity contribution in [1.82, 2.24) is 0 Å². The molecule has 2 heterocycles. The first-order valence-electron chi connectivity index (χ1n) is 14.5. The molecule has 0 aliphatic carbocycles. The highest BCUT2D eigenvalue weighted by Gasteiger charge is 2.52. The molecule has 4 nitrogen and oxygen atoms in total. The second-order valence-electron chi connectivity index (χ2n) is 12.4. The van der Waals surface area contributed by atoms with Crippen molar-refractivity contribution in [3.8, 4) is 0 Å². The highest BCUT2D eigenvalue weighted by Crippen LogP contribution is 2.43. The molecule has 2 aliphatic heterocycles.